The molecule has 0 amide bonds. The molecule has 0 aliphatic heterocycles. The summed E-state index contributed by atoms with van der Waals surface area (Å²) in [6.45, 7) is 0. The number of rotatable bonds is 7. The number of nitrogen functional groups attached to an aromatic ring is 1. The van der Waals surface area contributed by atoms with Crippen molar-refractivity contribution in [1.82, 2.24) is 9.97 Å². The van der Waals surface area contributed by atoms with Crippen molar-refractivity contribution in [2.45, 2.75) is 48.7 Å². The average Bonchev–Trinajstić information content (AvgIpc) is 3.39. The predicted molar refractivity (Wildman–Crippen MR) is 147 cm³/mol. The summed E-state index contributed by atoms with van der Waals surface area (Å²) >= 11 is 0. The van der Waals surface area contributed by atoms with E-state index in [1.165, 1.54) is 48.7 Å². The highest BCUT2D eigenvalue weighted by Crippen LogP contribution is 2.42. The Morgan fingerprint density at radius 2 is 1.63 bits per heavy atom. The van der Waals surface area contributed by atoms with Crippen molar-refractivity contribution in [1.29, 1.82) is 0 Å². The second-order valence-corrected chi connectivity index (χ2v) is 11.7. The second-order valence-electron chi connectivity index (χ2n) is 10.00. The molecule has 226 valence electrons. The van der Waals surface area contributed by atoms with Gasteiger partial charge in [-0.05, 0) is 60.6 Å². The van der Waals surface area contributed by atoms with E-state index in [1.54, 1.807) is 24.3 Å². The molecule has 1 heterocycles. The lowest BCUT2D eigenvalue weighted by atomic mass is 9.92. The monoisotopic (exact) mass is 622 g/mol. The lowest BCUT2D eigenvalue weighted by Gasteiger charge is -2.18. The lowest BCUT2D eigenvalue weighted by Crippen LogP contribution is -2.21. The maximum absolute atomic E-state index is 14.1. The molecule has 0 bridgehead atoms. The molecule has 1 aromatic heterocycles. The molecule has 43 heavy (non-hydrogen) atoms. The third-order valence-corrected chi connectivity index (χ3v) is 8.35. The topological polar surface area (TPSA) is 107 Å². The van der Waals surface area contributed by atoms with Crippen molar-refractivity contribution < 1.29 is 39.5 Å². The van der Waals surface area contributed by atoms with Crippen molar-refractivity contribution >= 4 is 21.7 Å². The fourth-order valence-electron chi connectivity index (χ4n) is 5.14. The fraction of sp³-hybridized carbons (Fsp3) is 0.241. The summed E-state index contributed by atoms with van der Waals surface area (Å²) in [6.07, 6.45) is -8.57. The number of halogens is 6. The zero-order valence-corrected chi connectivity index (χ0v) is 23.0. The molecule has 0 saturated heterocycles. The van der Waals surface area contributed by atoms with Crippen LogP contribution < -0.4 is 10.5 Å². The number of ether oxygens (including phenoxy) is 1. The normalized spacial score (nSPS) is 17.6. The molecule has 14 heteroatoms. The molecule has 3 N–H and O–H groups in total. The molecule has 5 rings (SSSR count). The molecule has 4 aromatic rings. The second kappa shape index (κ2) is 11.5. The van der Waals surface area contributed by atoms with E-state index in [-0.39, 0.29) is 46.2 Å². The van der Waals surface area contributed by atoms with E-state index in [0.29, 0.717) is 17.5 Å². The maximum Gasteiger partial charge on any atom is 0.522 e. The summed E-state index contributed by atoms with van der Waals surface area (Å²) in [4.78, 5) is 8.12. The van der Waals surface area contributed by atoms with Gasteiger partial charge in [-0.3, -0.25) is 4.74 Å². The van der Waals surface area contributed by atoms with Gasteiger partial charge in [0.1, 0.15) is 0 Å². The number of aromatic nitrogens is 2. The number of hydrogen-bond acceptors (Lipinski definition) is 6. The number of nitrogens with two attached hydrogens (primary N) is 1. The smallest absolute Gasteiger partial charge is 0.399 e. The Morgan fingerprint density at radius 3 is 2.35 bits per heavy atom. The van der Waals surface area contributed by atoms with Crippen molar-refractivity contribution in [3.63, 3.8) is 0 Å². The van der Waals surface area contributed by atoms with Gasteiger partial charge < -0.3 is 5.73 Å². The number of nitrogens with one attached hydrogen (secondary N) is 1. The summed E-state index contributed by atoms with van der Waals surface area (Å²) in [6, 6.07) is 16.7. The van der Waals surface area contributed by atoms with E-state index in [9.17, 15) is 34.8 Å². The Morgan fingerprint density at radius 1 is 0.884 bits per heavy atom. The standard InChI is InChI=1S/C29H24F6N4O3S/c30-28(31,32)25-10-2-1-9-23(25)26-24(16-37-27(38-26)39-43(40,41)22-8-4-7-20(36)15-22)19-6-3-5-17(13-19)18-11-12-21(14-18)42-29(33,34)35/h1-10,13,15-16,18,21H,11-12,14,36H2,(H,37,38,39)/t18-,21+/m1/s1. The predicted octanol–water partition coefficient (Wildman–Crippen LogP) is 7.38. The minimum absolute atomic E-state index is 0.119. The van der Waals surface area contributed by atoms with Gasteiger partial charge >= 0.3 is 12.5 Å². The summed E-state index contributed by atoms with van der Waals surface area (Å²) in [5.74, 6) is -0.749. The highest BCUT2D eigenvalue weighted by atomic mass is 32.2. The Bertz CT molecular complexity index is 1740. The quantitative estimate of drug-likeness (QED) is 0.165. The Hall–Kier alpha value is -4.17. The van der Waals surface area contributed by atoms with Crippen molar-refractivity contribution in [3.8, 4) is 22.4 Å². The molecule has 1 fully saturated rings. The third kappa shape index (κ3) is 7.08. The molecule has 1 aliphatic rings. The summed E-state index contributed by atoms with van der Waals surface area (Å²) < 4.78 is 113. The van der Waals surface area contributed by atoms with Crippen LogP contribution in [-0.4, -0.2) is 30.9 Å². The van der Waals surface area contributed by atoms with Gasteiger partial charge in [-0.1, -0.05) is 48.5 Å². The highest BCUT2D eigenvalue weighted by molar-refractivity contribution is 7.92. The molecule has 3 aromatic carbocycles. The number of alkyl halides is 6. The fourth-order valence-corrected chi connectivity index (χ4v) is 6.15. The zero-order chi connectivity index (χ0) is 31.0. The van der Waals surface area contributed by atoms with E-state index >= 15 is 0 Å². The van der Waals surface area contributed by atoms with Crippen molar-refractivity contribution in [2.75, 3.05) is 10.5 Å². The SMILES string of the molecule is Nc1cccc(S(=O)(=O)Nc2ncc(-c3cccc([C@@H]4CC[C@H](OC(F)(F)F)C4)c3)c(-c3ccccc3C(F)(F)F)n2)c1. The van der Waals surface area contributed by atoms with Gasteiger partial charge in [-0.25, -0.2) is 23.1 Å². The highest BCUT2D eigenvalue weighted by Gasteiger charge is 2.38. The number of anilines is 2. The van der Waals surface area contributed by atoms with E-state index in [1.807, 2.05) is 0 Å². The van der Waals surface area contributed by atoms with Crippen LogP contribution in [0.1, 0.15) is 36.3 Å². The van der Waals surface area contributed by atoms with Gasteiger partial charge in [0.25, 0.3) is 10.0 Å². The van der Waals surface area contributed by atoms with E-state index < -0.39 is 40.2 Å². The first-order chi connectivity index (χ1) is 20.2. The van der Waals surface area contributed by atoms with Crippen LogP contribution in [0.5, 0.6) is 0 Å². The molecule has 2 atom stereocenters. The summed E-state index contributed by atoms with van der Waals surface area (Å²) in [5.41, 5.74) is 5.59. The van der Waals surface area contributed by atoms with Gasteiger partial charge in [-0.2, -0.15) is 13.2 Å². The Labute approximate surface area is 242 Å². The van der Waals surface area contributed by atoms with Crippen LogP contribution in [0.4, 0.5) is 38.0 Å². The van der Waals surface area contributed by atoms with Crippen LogP contribution in [0.2, 0.25) is 0 Å². The molecular weight excluding hydrogens is 598 g/mol. The number of benzene rings is 3. The minimum Gasteiger partial charge on any atom is -0.399 e. The number of hydrogen-bond donors (Lipinski definition) is 2. The van der Waals surface area contributed by atoms with Crippen LogP contribution >= 0.6 is 0 Å². The van der Waals surface area contributed by atoms with Gasteiger partial charge in [0.05, 0.1) is 22.3 Å². The Kier molecular flexibility index (Phi) is 8.09. The molecule has 1 aliphatic carbocycles. The molecule has 7 nitrogen and oxygen atoms in total. The third-order valence-electron chi connectivity index (χ3n) is 7.02. The summed E-state index contributed by atoms with van der Waals surface area (Å²) in [7, 11) is -4.26. The zero-order valence-electron chi connectivity index (χ0n) is 22.2. The molecule has 0 unspecified atom stereocenters. The summed E-state index contributed by atoms with van der Waals surface area (Å²) in [5, 5.41) is 0. The van der Waals surface area contributed by atoms with Crippen molar-refractivity contribution in [3.05, 3.63) is 90.1 Å². The first kappa shape index (κ1) is 30.3. The Balaban J connectivity index is 1.57. The van der Waals surface area contributed by atoms with E-state index in [4.69, 9.17) is 5.73 Å². The van der Waals surface area contributed by atoms with Crippen molar-refractivity contribution in [2.24, 2.45) is 0 Å². The number of sulfonamides is 1. The van der Waals surface area contributed by atoms with E-state index in [2.05, 4.69) is 19.4 Å². The molecule has 1 saturated carbocycles. The van der Waals surface area contributed by atoms with Crippen LogP contribution in [0, 0.1) is 0 Å². The maximum atomic E-state index is 14.1. The van der Waals surface area contributed by atoms with E-state index in [0.717, 1.165) is 6.07 Å². The van der Waals surface area contributed by atoms with Crippen LogP contribution in [0.3, 0.4) is 0 Å². The average molecular weight is 623 g/mol. The first-order valence-electron chi connectivity index (χ1n) is 13.0. The lowest BCUT2D eigenvalue weighted by molar-refractivity contribution is -0.341. The van der Waals surface area contributed by atoms with Gasteiger partial charge in [-0.15, -0.1) is 13.2 Å². The largest absolute Gasteiger partial charge is 0.522 e. The first-order valence-corrected chi connectivity index (χ1v) is 14.4. The van der Waals surface area contributed by atoms with Gasteiger partial charge in [0, 0.05) is 23.0 Å². The molecular formula is C29H24F6N4O3S. The van der Waals surface area contributed by atoms with Gasteiger partial charge in [0.2, 0.25) is 5.95 Å². The van der Waals surface area contributed by atoms with Crippen LogP contribution in [0.25, 0.3) is 22.4 Å². The number of nitrogens with zero attached hydrogens (tertiary/aromatic N) is 2. The van der Waals surface area contributed by atoms with Crippen LogP contribution in [0.15, 0.2) is 83.9 Å². The van der Waals surface area contributed by atoms with Gasteiger partial charge in [0.15, 0.2) is 0 Å². The minimum atomic E-state index is -4.76. The molecule has 0 radical (unpaired) electrons. The van der Waals surface area contributed by atoms with Crippen LogP contribution in [-0.2, 0) is 20.9 Å². The molecule has 0 spiro atoms.